The molecule has 8 atom stereocenters. The van der Waals surface area contributed by atoms with Crippen LogP contribution in [-0.4, -0.2) is 99.6 Å². The van der Waals surface area contributed by atoms with Gasteiger partial charge in [0.25, 0.3) is 0 Å². The van der Waals surface area contributed by atoms with E-state index in [0.29, 0.717) is 12.8 Å². The van der Waals surface area contributed by atoms with Crippen molar-refractivity contribution in [3.8, 4) is 0 Å². The van der Waals surface area contributed by atoms with Crippen LogP contribution in [0.4, 0.5) is 0 Å². The van der Waals surface area contributed by atoms with Crippen molar-refractivity contribution in [3.63, 3.8) is 0 Å². The number of unbranched alkanes of at least 4 members (excludes halogenated alkanes) is 36. The number of rotatable bonds is 64. The maximum Gasteiger partial charge on any atom is 0.306 e. The molecule has 8 unspecified atom stereocenters. The molecule has 0 aromatic rings. The third kappa shape index (κ3) is 52.0. The van der Waals surface area contributed by atoms with E-state index in [1.165, 1.54) is 180 Å². The Morgan fingerprint density at radius 1 is 0.444 bits per heavy atom. The number of allylic oxidation sites excluding steroid dienone is 15. The SMILES string of the molecule is CC/C=C\C/C=C\C/C=C\C/C=C\C/C=C\CCCCCCCCCCC(O)C(=O)NC(COC1OC(CO)C(O)C(O)C1OC(=O)CCCCCCCCCCCCCCCCC/C=C\C/C=C\CCCCC)C(O)/C=C/CCCCCCCCCCCC. The molecule has 0 bridgehead atoms. The minimum atomic E-state index is -1.62. The summed E-state index contributed by atoms with van der Waals surface area (Å²) >= 11 is 0. The van der Waals surface area contributed by atoms with Gasteiger partial charge in [-0.1, -0.05) is 317 Å². The molecule has 1 saturated heterocycles. The van der Waals surface area contributed by atoms with E-state index < -0.39 is 67.4 Å². The van der Waals surface area contributed by atoms with Gasteiger partial charge in [-0.2, -0.15) is 0 Å². The molecule has 11 nitrogen and oxygen atoms in total. The van der Waals surface area contributed by atoms with Gasteiger partial charge in [-0.05, 0) is 103 Å². The normalized spacial score (nSPS) is 18.6. The highest BCUT2D eigenvalue weighted by molar-refractivity contribution is 5.80. The number of carbonyl (C=O) groups excluding carboxylic acids is 2. The largest absolute Gasteiger partial charge is 0.454 e. The van der Waals surface area contributed by atoms with Crippen molar-refractivity contribution in [1.82, 2.24) is 5.32 Å². The van der Waals surface area contributed by atoms with Crippen molar-refractivity contribution in [2.45, 2.75) is 378 Å². The second-order valence-electron chi connectivity index (χ2n) is 25.6. The number of esters is 1. The summed E-state index contributed by atoms with van der Waals surface area (Å²) in [5.41, 5.74) is 0. The van der Waals surface area contributed by atoms with Crippen LogP contribution >= 0.6 is 0 Å². The first kappa shape index (κ1) is 84.6. The summed E-state index contributed by atoms with van der Waals surface area (Å²) in [6.07, 6.45) is 78.7. The van der Waals surface area contributed by atoms with E-state index in [9.17, 15) is 35.1 Å². The first-order valence-electron chi connectivity index (χ1n) is 37.5. The molecule has 6 N–H and O–H groups in total. The molecule has 1 rings (SSSR count). The van der Waals surface area contributed by atoms with Crippen molar-refractivity contribution in [1.29, 1.82) is 0 Å². The quantitative estimate of drug-likeness (QED) is 0.0195. The van der Waals surface area contributed by atoms with Gasteiger partial charge in [0, 0.05) is 6.42 Å². The highest BCUT2D eigenvalue weighted by atomic mass is 16.7. The van der Waals surface area contributed by atoms with Crippen molar-refractivity contribution in [2.75, 3.05) is 13.2 Å². The van der Waals surface area contributed by atoms with Gasteiger partial charge in [0.2, 0.25) is 5.91 Å². The van der Waals surface area contributed by atoms with Gasteiger partial charge in [-0.3, -0.25) is 9.59 Å². The third-order valence-electron chi connectivity index (χ3n) is 17.2. The van der Waals surface area contributed by atoms with Gasteiger partial charge in [0.15, 0.2) is 12.4 Å². The van der Waals surface area contributed by atoms with Gasteiger partial charge in [0.05, 0.1) is 25.4 Å². The van der Waals surface area contributed by atoms with Crippen LogP contribution in [0.5, 0.6) is 0 Å². The monoisotopic (exact) mass is 1260 g/mol. The highest BCUT2D eigenvalue weighted by Crippen LogP contribution is 2.26. The molecule has 0 aliphatic carbocycles. The number of aliphatic hydroxyl groups excluding tert-OH is 5. The molecule has 90 heavy (non-hydrogen) atoms. The molecule has 1 amide bonds. The predicted molar refractivity (Wildman–Crippen MR) is 379 cm³/mol. The van der Waals surface area contributed by atoms with E-state index in [4.69, 9.17) is 14.2 Å². The minimum Gasteiger partial charge on any atom is -0.454 e. The lowest BCUT2D eigenvalue weighted by molar-refractivity contribution is -0.305. The minimum absolute atomic E-state index is 0.121. The number of hydrogen-bond donors (Lipinski definition) is 6. The second kappa shape index (κ2) is 65.6. The highest BCUT2D eigenvalue weighted by Gasteiger charge is 2.47. The van der Waals surface area contributed by atoms with E-state index >= 15 is 0 Å². The van der Waals surface area contributed by atoms with Gasteiger partial charge in [0.1, 0.15) is 24.4 Å². The molecular weight excluding hydrogens is 1120 g/mol. The van der Waals surface area contributed by atoms with Crippen LogP contribution < -0.4 is 5.32 Å². The zero-order chi connectivity index (χ0) is 65.3. The number of carbonyl (C=O) groups is 2. The van der Waals surface area contributed by atoms with Crippen molar-refractivity contribution in [2.24, 2.45) is 0 Å². The summed E-state index contributed by atoms with van der Waals surface area (Å²) < 4.78 is 17.7. The zero-order valence-corrected chi connectivity index (χ0v) is 58.0. The number of ether oxygens (including phenoxy) is 3. The molecule has 1 heterocycles. The molecule has 0 radical (unpaired) electrons. The molecule has 0 aromatic carbocycles. The van der Waals surface area contributed by atoms with Crippen LogP contribution in [0.2, 0.25) is 0 Å². The predicted octanol–water partition coefficient (Wildman–Crippen LogP) is 19.8. The lowest BCUT2D eigenvalue weighted by atomic mass is 9.99. The van der Waals surface area contributed by atoms with E-state index in [-0.39, 0.29) is 19.4 Å². The van der Waals surface area contributed by atoms with Crippen molar-refractivity contribution >= 4 is 11.9 Å². The standard InChI is InChI=1S/C79H139NO10/c1-4-7-10-13-16-19-22-25-27-29-31-33-35-37-39-41-43-45-47-49-52-55-58-61-64-67-74(84)90-77-76(86)75(85)73(68-81)89-79(77)88-69-70(71(82)65-62-59-56-53-50-24-21-18-15-12-9-6-3)80-78(87)72(83)66-63-60-57-54-51-48-46-44-42-40-38-36-34-32-30-28-26-23-20-17-14-11-8-5-2/h8,11,16-17,19-20,25-28,32,34,38,40,62,65,70-73,75-77,79,81-83,85-86H,4-7,9-10,12-15,18,21-24,29-31,33,35-37,39,41-61,63-64,66-69H2,1-3H3,(H,80,87)/b11-8-,19-16-,20-17-,27-25-,28-26-,34-32-,40-38-,65-62+. The Morgan fingerprint density at radius 3 is 1.22 bits per heavy atom. The Bertz CT molecular complexity index is 1840. The fraction of sp³-hybridized carbons (Fsp3) is 0.772. The summed E-state index contributed by atoms with van der Waals surface area (Å²) in [5.74, 6) is -1.20. The topological polar surface area (TPSA) is 175 Å². The molecule has 0 aromatic heterocycles. The molecule has 1 fully saturated rings. The first-order chi connectivity index (χ1) is 44.2. The zero-order valence-electron chi connectivity index (χ0n) is 58.0. The molecule has 11 heteroatoms. The fourth-order valence-electron chi connectivity index (χ4n) is 11.4. The van der Waals surface area contributed by atoms with Crippen molar-refractivity contribution in [3.05, 3.63) is 97.2 Å². The van der Waals surface area contributed by atoms with Gasteiger partial charge < -0.3 is 45.1 Å². The average molecular weight is 1260 g/mol. The summed E-state index contributed by atoms with van der Waals surface area (Å²) in [5, 5.41) is 57.3. The Hall–Kier alpha value is -3.42. The molecule has 1 aliphatic rings. The van der Waals surface area contributed by atoms with Crippen molar-refractivity contribution < 1.29 is 49.3 Å². The van der Waals surface area contributed by atoms with Gasteiger partial charge in [-0.15, -0.1) is 0 Å². The number of nitrogens with one attached hydrogen (secondary N) is 1. The first-order valence-corrected chi connectivity index (χ1v) is 37.5. The molecule has 0 saturated carbocycles. The van der Waals surface area contributed by atoms with Crippen LogP contribution in [0.3, 0.4) is 0 Å². The maximum absolute atomic E-state index is 13.5. The Balaban J connectivity index is 2.54. The van der Waals surface area contributed by atoms with Crippen LogP contribution in [0.1, 0.15) is 329 Å². The number of aliphatic hydroxyl groups is 5. The van der Waals surface area contributed by atoms with E-state index in [2.05, 4.69) is 111 Å². The van der Waals surface area contributed by atoms with Crippen LogP contribution in [0, 0.1) is 0 Å². The molecule has 520 valence electrons. The van der Waals surface area contributed by atoms with E-state index in [0.717, 1.165) is 103 Å². The fourth-order valence-corrected chi connectivity index (χ4v) is 11.4. The second-order valence-corrected chi connectivity index (χ2v) is 25.6. The van der Waals surface area contributed by atoms with Gasteiger partial charge >= 0.3 is 5.97 Å². The summed E-state index contributed by atoms with van der Waals surface area (Å²) in [7, 11) is 0. The van der Waals surface area contributed by atoms with Crippen LogP contribution in [0.25, 0.3) is 0 Å². The van der Waals surface area contributed by atoms with E-state index in [1.807, 2.05) is 6.08 Å². The number of amides is 1. The maximum atomic E-state index is 13.5. The smallest absolute Gasteiger partial charge is 0.306 e. The molecular formula is C79H139NO10. The Labute approximate surface area is 552 Å². The average Bonchev–Trinajstić information content (AvgIpc) is 2.18. The van der Waals surface area contributed by atoms with Crippen LogP contribution in [0.15, 0.2) is 97.2 Å². The lowest BCUT2D eigenvalue weighted by Gasteiger charge is -2.41. The Morgan fingerprint density at radius 2 is 0.800 bits per heavy atom. The summed E-state index contributed by atoms with van der Waals surface area (Å²) in [6, 6.07) is -1.03. The van der Waals surface area contributed by atoms with Crippen LogP contribution in [-0.2, 0) is 23.8 Å². The number of hydrogen-bond acceptors (Lipinski definition) is 10. The van der Waals surface area contributed by atoms with E-state index in [1.54, 1.807) is 6.08 Å². The third-order valence-corrected chi connectivity index (χ3v) is 17.2. The summed E-state index contributed by atoms with van der Waals surface area (Å²) in [4.78, 5) is 26.7. The molecule has 0 spiro atoms. The Kier molecular flexibility index (Phi) is 61.7. The lowest BCUT2D eigenvalue weighted by Crippen LogP contribution is -2.61. The molecule has 1 aliphatic heterocycles. The van der Waals surface area contributed by atoms with Gasteiger partial charge in [-0.25, -0.2) is 0 Å². The summed E-state index contributed by atoms with van der Waals surface area (Å²) in [6.45, 7) is 5.68.